The summed E-state index contributed by atoms with van der Waals surface area (Å²) < 4.78 is 34.8. The molecular formula is C29H41ClN4O7S. The van der Waals surface area contributed by atoms with Crippen LogP contribution in [0.2, 0.25) is 5.02 Å². The summed E-state index contributed by atoms with van der Waals surface area (Å²) in [4.78, 5) is 40.7. The zero-order valence-electron chi connectivity index (χ0n) is 24.7. The van der Waals surface area contributed by atoms with E-state index in [0.29, 0.717) is 49.8 Å². The van der Waals surface area contributed by atoms with Crippen LogP contribution in [-0.4, -0.2) is 110 Å². The number of likely N-dealkylation sites (tertiary alicyclic amines) is 1. The van der Waals surface area contributed by atoms with Crippen LogP contribution in [0.25, 0.3) is 10.8 Å². The Morgan fingerprint density at radius 3 is 2.38 bits per heavy atom. The van der Waals surface area contributed by atoms with Gasteiger partial charge >= 0.3 is 0 Å². The molecule has 0 spiro atoms. The molecule has 2 heterocycles. The first-order valence-electron chi connectivity index (χ1n) is 14.0. The Bertz CT molecular complexity index is 1360. The average molecular weight is 625 g/mol. The summed E-state index contributed by atoms with van der Waals surface area (Å²) in [6, 6.07) is 9.07. The van der Waals surface area contributed by atoms with Gasteiger partial charge in [0.15, 0.2) is 0 Å². The lowest BCUT2D eigenvalue weighted by atomic mass is 10.1. The molecule has 2 aromatic rings. The monoisotopic (exact) mass is 624 g/mol. The maximum Gasteiger partial charge on any atom is 0.290 e. The third kappa shape index (κ3) is 8.19. The number of carbonyl (C=O) groups excluding carboxylic acids is 2. The zero-order valence-corrected chi connectivity index (χ0v) is 26.3. The van der Waals surface area contributed by atoms with Crippen molar-refractivity contribution in [1.82, 2.24) is 19.4 Å². The van der Waals surface area contributed by atoms with Gasteiger partial charge in [-0.2, -0.15) is 4.72 Å². The molecule has 2 amide bonds. The normalized spacial score (nSPS) is 20.3. The van der Waals surface area contributed by atoms with Crippen molar-refractivity contribution >= 4 is 50.7 Å². The van der Waals surface area contributed by atoms with Gasteiger partial charge in [-0.15, -0.1) is 0 Å². The number of benzene rings is 2. The minimum Gasteiger partial charge on any atom is -0.483 e. The van der Waals surface area contributed by atoms with Crippen LogP contribution in [0.1, 0.15) is 41.0 Å². The van der Waals surface area contributed by atoms with E-state index >= 15 is 0 Å². The van der Waals surface area contributed by atoms with E-state index in [9.17, 15) is 18.0 Å². The Kier molecular flexibility index (Phi) is 11.7. The molecule has 0 bridgehead atoms. The highest BCUT2D eigenvalue weighted by atomic mass is 35.5. The lowest BCUT2D eigenvalue weighted by molar-refractivity contribution is -0.149. The van der Waals surface area contributed by atoms with E-state index in [0.717, 1.165) is 17.3 Å². The summed E-state index contributed by atoms with van der Waals surface area (Å²) in [6.07, 6.45) is 0.189. The molecule has 2 N–H and O–H groups in total. The quantitative estimate of drug-likeness (QED) is 0.407. The van der Waals surface area contributed by atoms with Crippen LogP contribution < -0.4 is 4.72 Å². The van der Waals surface area contributed by atoms with Gasteiger partial charge in [-0.25, -0.2) is 8.42 Å². The largest absolute Gasteiger partial charge is 0.483 e. The van der Waals surface area contributed by atoms with Gasteiger partial charge in [0.25, 0.3) is 6.47 Å². The van der Waals surface area contributed by atoms with Crippen molar-refractivity contribution in [3.8, 4) is 0 Å². The van der Waals surface area contributed by atoms with Crippen LogP contribution in [0.15, 0.2) is 41.3 Å². The molecule has 3 atom stereocenters. The van der Waals surface area contributed by atoms with Gasteiger partial charge in [0, 0.05) is 43.3 Å². The molecule has 2 aromatic carbocycles. The maximum atomic E-state index is 13.4. The second-order valence-corrected chi connectivity index (χ2v) is 13.2. The molecule has 13 heteroatoms. The first-order valence-corrected chi connectivity index (χ1v) is 15.9. The zero-order chi connectivity index (χ0) is 31.2. The third-order valence-corrected chi connectivity index (χ3v) is 9.34. The van der Waals surface area contributed by atoms with Crippen LogP contribution in [-0.2, 0) is 29.1 Å². The molecule has 232 valence electrons. The molecule has 2 fully saturated rings. The number of carboxylic acid groups (broad SMARTS) is 1. The Morgan fingerprint density at radius 1 is 1.12 bits per heavy atom. The summed E-state index contributed by atoms with van der Waals surface area (Å²) in [5.41, 5.74) is 0. The van der Waals surface area contributed by atoms with E-state index in [4.69, 9.17) is 26.2 Å². The number of fused-ring (bicyclic) bond motifs is 1. The number of sulfonamides is 1. The Balaban J connectivity index is 0.00000155. The van der Waals surface area contributed by atoms with Crippen molar-refractivity contribution in [1.29, 1.82) is 0 Å². The van der Waals surface area contributed by atoms with Gasteiger partial charge in [0.2, 0.25) is 21.8 Å². The van der Waals surface area contributed by atoms with Gasteiger partial charge in [-0.05, 0) is 76.1 Å². The maximum absolute atomic E-state index is 13.4. The molecule has 0 aliphatic carbocycles. The van der Waals surface area contributed by atoms with Crippen LogP contribution in [0.3, 0.4) is 0 Å². The predicted octanol–water partition coefficient (Wildman–Crippen LogP) is 2.81. The van der Waals surface area contributed by atoms with Gasteiger partial charge in [0.05, 0.1) is 17.6 Å². The molecule has 2 aliphatic rings. The highest BCUT2D eigenvalue weighted by Gasteiger charge is 2.41. The molecule has 4 rings (SSSR count). The lowest BCUT2D eigenvalue weighted by Gasteiger charge is -2.40. The summed E-state index contributed by atoms with van der Waals surface area (Å²) >= 11 is 6.03. The second kappa shape index (κ2) is 14.6. The summed E-state index contributed by atoms with van der Waals surface area (Å²) in [5, 5.41) is 9.01. The number of hydrogen-bond donors (Lipinski definition) is 2. The molecule has 0 saturated carbocycles. The van der Waals surface area contributed by atoms with Crippen molar-refractivity contribution < 1.29 is 32.6 Å². The standard InChI is InChI=1S/C28H39ClN4O5S.CH2O2/c1-18(2)33(19(3)4)17-24-16-31(12-13-38-24)27(34)20(5)32-11-10-26(28(32)35)30-39(36,37)25-9-7-21-14-23(29)8-6-22(21)15-25;2-1-3/h6-9,14-15,18-20,24,26,30H,10-13,16-17H2,1-5H3;1H,(H,2,3)/t20-,24?,26-;/m0./s1. The summed E-state index contributed by atoms with van der Waals surface area (Å²) in [7, 11) is -3.95. The smallest absolute Gasteiger partial charge is 0.290 e. The number of rotatable bonds is 9. The number of hydrogen-bond acceptors (Lipinski definition) is 7. The van der Waals surface area contributed by atoms with Gasteiger partial charge in [0.1, 0.15) is 12.1 Å². The van der Waals surface area contributed by atoms with Gasteiger partial charge in [-0.1, -0.05) is 23.7 Å². The fourth-order valence-corrected chi connectivity index (χ4v) is 6.93. The van der Waals surface area contributed by atoms with Crippen LogP contribution in [0, 0.1) is 0 Å². The molecule has 0 radical (unpaired) electrons. The molecule has 11 nitrogen and oxygen atoms in total. The Labute approximate surface area is 252 Å². The van der Waals surface area contributed by atoms with Crippen LogP contribution in [0.5, 0.6) is 0 Å². The molecular weight excluding hydrogens is 584 g/mol. The average Bonchev–Trinajstić information content (AvgIpc) is 3.29. The highest BCUT2D eigenvalue weighted by molar-refractivity contribution is 7.89. The number of halogens is 1. The molecule has 42 heavy (non-hydrogen) atoms. The van der Waals surface area contributed by atoms with E-state index < -0.39 is 22.1 Å². The van der Waals surface area contributed by atoms with E-state index in [-0.39, 0.29) is 29.3 Å². The lowest BCUT2D eigenvalue weighted by Crippen LogP contribution is -2.56. The number of morpholine rings is 1. The minimum absolute atomic E-state index is 0.0731. The predicted molar refractivity (Wildman–Crippen MR) is 161 cm³/mol. The number of ether oxygens (including phenoxy) is 1. The fourth-order valence-electron chi connectivity index (χ4n) is 5.49. The third-order valence-electron chi connectivity index (χ3n) is 7.64. The topological polar surface area (TPSA) is 137 Å². The number of carbonyl (C=O) groups is 3. The van der Waals surface area contributed by atoms with Gasteiger partial charge < -0.3 is 19.6 Å². The molecule has 0 aromatic heterocycles. The summed E-state index contributed by atoms with van der Waals surface area (Å²) in [5.74, 6) is -0.531. The van der Waals surface area contributed by atoms with Crippen molar-refractivity contribution in [3.63, 3.8) is 0 Å². The van der Waals surface area contributed by atoms with E-state index in [1.165, 1.54) is 11.0 Å². The van der Waals surface area contributed by atoms with Crippen molar-refractivity contribution in [2.45, 2.75) is 76.2 Å². The molecule has 2 saturated heterocycles. The Hall–Kier alpha value is -2.77. The first-order chi connectivity index (χ1) is 19.8. The summed E-state index contributed by atoms with van der Waals surface area (Å²) in [6.45, 7) is 12.5. The van der Waals surface area contributed by atoms with Crippen molar-refractivity contribution in [2.75, 3.05) is 32.8 Å². The van der Waals surface area contributed by atoms with E-state index in [1.807, 2.05) is 0 Å². The molecule has 2 aliphatic heterocycles. The molecule has 1 unspecified atom stereocenters. The Morgan fingerprint density at radius 2 is 1.74 bits per heavy atom. The van der Waals surface area contributed by atoms with Crippen molar-refractivity contribution in [2.24, 2.45) is 0 Å². The number of nitrogens with one attached hydrogen (secondary N) is 1. The first kappa shape index (κ1) is 33.7. The van der Waals surface area contributed by atoms with Crippen LogP contribution >= 0.6 is 11.6 Å². The second-order valence-electron chi connectivity index (χ2n) is 11.1. The SMILES string of the molecule is CC(C)N(CC1CN(C(=O)[C@H](C)N2CC[C@H](NS(=O)(=O)c3ccc4cc(Cl)ccc4c3)C2=O)CCO1)C(C)C.O=CO. The van der Waals surface area contributed by atoms with Gasteiger partial charge in [-0.3, -0.25) is 19.3 Å². The van der Waals surface area contributed by atoms with Crippen molar-refractivity contribution in [3.05, 3.63) is 41.4 Å². The minimum atomic E-state index is -3.95. The van der Waals surface area contributed by atoms with E-state index in [2.05, 4.69) is 37.3 Å². The number of amides is 2. The van der Waals surface area contributed by atoms with E-state index in [1.54, 1.807) is 42.2 Å². The fraction of sp³-hybridized carbons (Fsp3) is 0.552. The highest BCUT2D eigenvalue weighted by Crippen LogP contribution is 2.24. The van der Waals surface area contributed by atoms with Crippen LogP contribution in [0.4, 0.5) is 0 Å². The number of nitrogens with zero attached hydrogens (tertiary/aromatic N) is 3.